The van der Waals surface area contributed by atoms with Gasteiger partial charge >= 0.3 is 6.18 Å². The minimum Gasteiger partial charge on any atom is -0.480 e. The highest BCUT2D eigenvalue weighted by molar-refractivity contribution is 5.77. The summed E-state index contributed by atoms with van der Waals surface area (Å²) >= 11 is 0. The number of carbonyl (C=O) groups excluding carboxylic acids is 1. The van der Waals surface area contributed by atoms with Crippen molar-refractivity contribution < 1.29 is 27.4 Å². The maximum Gasteiger partial charge on any atom is 0.422 e. The standard InChI is InChI=1S/C16H19F3N2O3/c17-16(18,19)11-24-14-4-2-1-3-13(14)23-10-15(22)21-9-12-5-7-20-8-6-12/h1-5,20H,6-11H2,(H,21,22). The summed E-state index contributed by atoms with van der Waals surface area (Å²) in [5, 5.41) is 5.89. The predicted octanol–water partition coefficient (Wildman–Crippen LogP) is 2.04. The Kier molecular flexibility index (Phi) is 6.48. The van der Waals surface area contributed by atoms with Gasteiger partial charge < -0.3 is 20.1 Å². The van der Waals surface area contributed by atoms with Crippen LogP contribution in [0.5, 0.6) is 11.5 Å². The number of amides is 1. The molecule has 1 aliphatic rings. The van der Waals surface area contributed by atoms with Gasteiger partial charge in [0.1, 0.15) is 0 Å². The van der Waals surface area contributed by atoms with Crippen LogP contribution in [0.4, 0.5) is 13.2 Å². The smallest absolute Gasteiger partial charge is 0.422 e. The zero-order chi connectivity index (χ0) is 17.4. The Morgan fingerprint density at radius 1 is 1.21 bits per heavy atom. The molecule has 0 saturated heterocycles. The molecule has 1 heterocycles. The molecule has 1 aromatic carbocycles. The molecule has 1 amide bonds. The second kappa shape index (κ2) is 8.58. The van der Waals surface area contributed by atoms with Gasteiger partial charge in [0.2, 0.25) is 0 Å². The number of nitrogens with one attached hydrogen (secondary N) is 2. The summed E-state index contributed by atoms with van der Waals surface area (Å²) in [6, 6.07) is 5.93. The first-order chi connectivity index (χ1) is 11.4. The van der Waals surface area contributed by atoms with Gasteiger partial charge in [-0.15, -0.1) is 0 Å². The molecule has 0 unspecified atom stereocenters. The van der Waals surface area contributed by atoms with E-state index in [9.17, 15) is 18.0 Å². The molecule has 1 aromatic rings. The summed E-state index contributed by atoms with van der Waals surface area (Å²) in [5.41, 5.74) is 1.14. The molecule has 0 bridgehead atoms. The molecule has 5 nitrogen and oxygen atoms in total. The minimum atomic E-state index is -4.44. The molecule has 0 aromatic heterocycles. The molecule has 1 aliphatic heterocycles. The van der Waals surface area contributed by atoms with Crippen LogP contribution in [-0.4, -0.2) is 44.9 Å². The number of para-hydroxylation sites is 2. The molecule has 8 heteroatoms. The maximum absolute atomic E-state index is 12.2. The van der Waals surface area contributed by atoms with Crippen LogP contribution in [0.3, 0.4) is 0 Å². The number of benzene rings is 1. The van der Waals surface area contributed by atoms with Crippen LogP contribution in [0.25, 0.3) is 0 Å². The molecule has 2 N–H and O–H groups in total. The Hall–Kier alpha value is -2.22. The third-order valence-corrected chi connectivity index (χ3v) is 3.27. The quantitative estimate of drug-likeness (QED) is 0.743. The lowest BCUT2D eigenvalue weighted by Crippen LogP contribution is -2.32. The molecular formula is C16H19F3N2O3. The lowest BCUT2D eigenvalue weighted by atomic mass is 10.1. The highest BCUT2D eigenvalue weighted by Crippen LogP contribution is 2.28. The molecule has 0 fully saturated rings. The van der Waals surface area contributed by atoms with Crippen molar-refractivity contribution in [2.75, 3.05) is 32.8 Å². The maximum atomic E-state index is 12.2. The third kappa shape index (κ3) is 6.49. The van der Waals surface area contributed by atoms with E-state index in [0.29, 0.717) is 6.54 Å². The van der Waals surface area contributed by atoms with Gasteiger partial charge in [-0.05, 0) is 25.1 Å². The van der Waals surface area contributed by atoms with Crippen LogP contribution in [0.1, 0.15) is 6.42 Å². The number of hydrogen-bond donors (Lipinski definition) is 2. The van der Waals surface area contributed by atoms with Gasteiger partial charge in [-0.25, -0.2) is 0 Å². The molecule has 0 radical (unpaired) electrons. The number of alkyl halides is 3. The highest BCUT2D eigenvalue weighted by Gasteiger charge is 2.29. The Bertz CT molecular complexity index is 588. The molecule has 0 atom stereocenters. The Morgan fingerprint density at radius 3 is 2.54 bits per heavy atom. The van der Waals surface area contributed by atoms with Gasteiger partial charge in [0.15, 0.2) is 24.7 Å². The van der Waals surface area contributed by atoms with Gasteiger partial charge in [0, 0.05) is 13.1 Å². The van der Waals surface area contributed by atoms with E-state index in [1.54, 1.807) is 6.07 Å². The summed E-state index contributed by atoms with van der Waals surface area (Å²) < 4.78 is 46.6. The van der Waals surface area contributed by atoms with E-state index in [4.69, 9.17) is 9.47 Å². The second-order valence-electron chi connectivity index (χ2n) is 5.23. The van der Waals surface area contributed by atoms with Crippen LogP contribution in [0.15, 0.2) is 35.9 Å². The number of hydrogen-bond acceptors (Lipinski definition) is 4. The molecule has 2 rings (SSSR count). The predicted molar refractivity (Wildman–Crippen MR) is 82.1 cm³/mol. The monoisotopic (exact) mass is 344 g/mol. The fraction of sp³-hybridized carbons (Fsp3) is 0.438. The van der Waals surface area contributed by atoms with Crippen molar-refractivity contribution in [2.24, 2.45) is 0 Å². The highest BCUT2D eigenvalue weighted by atomic mass is 19.4. The first-order valence-electron chi connectivity index (χ1n) is 7.51. The van der Waals surface area contributed by atoms with Crippen molar-refractivity contribution in [1.82, 2.24) is 10.6 Å². The van der Waals surface area contributed by atoms with E-state index in [1.165, 1.54) is 18.2 Å². The van der Waals surface area contributed by atoms with Crippen LogP contribution < -0.4 is 20.1 Å². The van der Waals surface area contributed by atoms with Crippen molar-refractivity contribution in [3.8, 4) is 11.5 Å². The van der Waals surface area contributed by atoms with Crippen molar-refractivity contribution in [3.05, 3.63) is 35.9 Å². The zero-order valence-electron chi connectivity index (χ0n) is 13.0. The zero-order valence-corrected chi connectivity index (χ0v) is 13.0. The first kappa shape index (κ1) is 18.1. The number of halogens is 3. The topological polar surface area (TPSA) is 59.6 Å². The molecular weight excluding hydrogens is 325 g/mol. The Morgan fingerprint density at radius 2 is 1.92 bits per heavy atom. The SMILES string of the molecule is O=C(COc1ccccc1OCC(F)(F)F)NCC1=CCNCC1. The summed E-state index contributed by atoms with van der Waals surface area (Å²) in [4.78, 5) is 11.8. The normalized spacial score (nSPS) is 14.7. The van der Waals surface area contributed by atoms with Crippen molar-refractivity contribution in [2.45, 2.75) is 12.6 Å². The number of rotatable bonds is 7. The largest absolute Gasteiger partial charge is 0.480 e. The third-order valence-electron chi connectivity index (χ3n) is 3.27. The van der Waals surface area contributed by atoms with E-state index in [1.807, 2.05) is 6.08 Å². The van der Waals surface area contributed by atoms with Crippen molar-refractivity contribution in [3.63, 3.8) is 0 Å². The van der Waals surface area contributed by atoms with Gasteiger partial charge in [-0.2, -0.15) is 13.2 Å². The summed E-state index contributed by atoms with van der Waals surface area (Å²) in [7, 11) is 0. The van der Waals surface area contributed by atoms with Crippen LogP contribution in [-0.2, 0) is 4.79 Å². The Balaban J connectivity index is 1.80. The molecule has 0 aliphatic carbocycles. The summed E-state index contributed by atoms with van der Waals surface area (Å²) in [5.74, 6) is -0.304. The summed E-state index contributed by atoms with van der Waals surface area (Å²) in [6.07, 6.45) is -1.55. The average Bonchev–Trinajstić information content (AvgIpc) is 2.57. The first-order valence-corrected chi connectivity index (χ1v) is 7.51. The fourth-order valence-electron chi connectivity index (χ4n) is 2.08. The molecule has 0 saturated carbocycles. The van der Waals surface area contributed by atoms with E-state index in [0.717, 1.165) is 25.1 Å². The summed E-state index contributed by atoms with van der Waals surface area (Å²) in [6.45, 7) is 0.392. The number of carbonyl (C=O) groups is 1. The van der Waals surface area contributed by atoms with E-state index in [2.05, 4.69) is 10.6 Å². The van der Waals surface area contributed by atoms with E-state index < -0.39 is 12.8 Å². The van der Waals surface area contributed by atoms with Crippen molar-refractivity contribution >= 4 is 5.91 Å². The number of ether oxygens (including phenoxy) is 2. The van der Waals surface area contributed by atoms with Crippen LogP contribution in [0, 0.1) is 0 Å². The van der Waals surface area contributed by atoms with Crippen LogP contribution in [0.2, 0.25) is 0 Å². The van der Waals surface area contributed by atoms with E-state index >= 15 is 0 Å². The lowest BCUT2D eigenvalue weighted by Gasteiger charge is -2.15. The van der Waals surface area contributed by atoms with Crippen molar-refractivity contribution in [1.29, 1.82) is 0 Å². The van der Waals surface area contributed by atoms with Gasteiger partial charge in [0.05, 0.1) is 0 Å². The minimum absolute atomic E-state index is 0.0521. The molecule has 0 spiro atoms. The molecule has 132 valence electrons. The van der Waals surface area contributed by atoms with Gasteiger partial charge in [-0.3, -0.25) is 4.79 Å². The average molecular weight is 344 g/mol. The molecule has 24 heavy (non-hydrogen) atoms. The van der Waals surface area contributed by atoms with Gasteiger partial charge in [-0.1, -0.05) is 23.8 Å². The van der Waals surface area contributed by atoms with Gasteiger partial charge in [0.25, 0.3) is 5.91 Å². The second-order valence-corrected chi connectivity index (χ2v) is 5.23. The lowest BCUT2D eigenvalue weighted by molar-refractivity contribution is -0.153. The van der Waals surface area contributed by atoms with Crippen LogP contribution >= 0.6 is 0 Å². The van der Waals surface area contributed by atoms with E-state index in [-0.39, 0.29) is 24.0 Å². The fourth-order valence-corrected chi connectivity index (χ4v) is 2.08. The Labute approximate surface area is 137 Å².